The number of carbonyl (C=O) groups excluding carboxylic acids is 4. The minimum atomic E-state index is -1.40. The molecule has 1 aromatic carbocycles. The van der Waals surface area contributed by atoms with Crippen LogP contribution in [-0.2, 0) is 23.9 Å². The van der Waals surface area contributed by atoms with Gasteiger partial charge in [-0.2, -0.15) is 0 Å². The van der Waals surface area contributed by atoms with Crippen molar-refractivity contribution in [3.8, 4) is 0 Å². The van der Waals surface area contributed by atoms with Crippen LogP contribution < -0.4 is 0 Å². The van der Waals surface area contributed by atoms with Crippen molar-refractivity contribution in [2.45, 2.75) is 51.7 Å². The Morgan fingerprint density at radius 3 is 2.41 bits per heavy atom. The third-order valence-electron chi connectivity index (χ3n) is 5.91. The number of rotatable bonds is 7. The van der Waals surface area contributed by atoms with E-state index >= 15 is 0 Å². The molecule has 34 heavy (non-hydrogen) atoms. The lowest BCUT2D eigenvalue weighted by Gasteiger charge is -2.30. The summed E-state index contributed by atoms with van der Waals surface area (Å²) < 4.78 is 10.7. The first-order chi connectivity index (χ1) is 16.1. The van der Waals surface area contributed by atoms with Crippen molar-refractivity contribution >= 4 is 45.1 Å². The number of hydrogen-bond donors (Lipinski definition) is 0. The smallest absolute Gasteiger partial charge is 0.411 e. The Morgan fingerprint density at radius 2 is 1.82 bits per heavy atom. The van der Waals surface area contributed by atoms with Crippen molar-refractivity contribution < 1.29 is 28.7 Å². The normalized spacial score (nSPS) is 22.2. The number of alkyl halides is 1. The number of amides is 1. The monoisotopic (exact) mass is 531 g/mol. The van der Waals surface area contributed by atoms with Gasteiger partial charge in [0.05, 0.1) is 5.33 Å². The molecule has 1 unspecified atom stereocenters. The van der Waals surface area contributed by atoms with E-state index in [-0.39, 0.29) is 17.5 Å². The van der Waals surface area contributed by atoms with Crippen LogP contribution >= 0.6 is 15.9 Å². The zero-order valence-corrected chi connectivity index (χ0v) is 21.3. The fourth-order valence-corrected chi connectivity index (χ4v) is 4.58. The highest BCUT2D eigenvalue weighted by Crippen LogP contribution is 2.36. The summed E-state index contributed by atoms with van der Waals surface area (Å²) in [6, 6.07) is 8.86. The van der Waals surface area contributed by atoms with Gasteiger partial charge in [-0.25, -0.2) is 9.59 Å². The number of nitrogens with zero attached hydrogens (tertiary/aromatic N) is 1. The number of Topliss-reactive ketones (excluding diaryl/α,β-unsaturated/α-hetero) is 2. The maximum Gasteiger partial charge on any atom is 0.411 e. The van der Waals surface area contributed by atoms with Gasteiger partial charge in [0.15, 0.2) is 18.2 Å². The standard InChI is InChI=1S/C26H30BrNO6/c1-25(2,3)34-24(32)28-15-7-10-20(28)23(31)33-17-22(30)26(21(29)16-27)13-11-19(12-14-26)18-8-5-4-6-9-18/h4-6,8-9,11-13,20H,7,10,14-17H2,1-3H3/t20?,26-/m0/s1. The van der Waals surface area contributed by atoms with Gasteiger partial charge in [0.2, 0.25) is 0 Å². The Morgan fingerprint density at radius 1 is 1.12 bits per heavy atom. The summed E-state index contributed by atoms with van der Waals surface area (Å²) in [6.45, 7) is 5.09. The molecular weight excluding hydrogens is 502 g/mol. The van der Waals surface area contributed by atoms with E-state index < -0.39 is 41.5 Å². The van der Waals surface area contributed by atoms with Gasteiger partial charge in [0.1, 0.15) is 17.1 Å². The number of allylic oxidation sites excluding steroid dienone is 4. The van der Waals surface area contributed by atoms with Crippen LogP contribution in [0.4, 0.5) is 4.79 Å². The number of likely N-dealkylation sites (tertiary alicyclic amines) is 1. The number of benzene rings is 1. The zero-order chi connectivity index (χ0) is 24.9. The van der Waals surface area contributed by atoms with E-state index in [9.17, 15) is 19.2 Å². The van der Waals surface area contributed by atoms with Crippen LogP contribution in [0.15, 0.2) is 48.6 Å². The Labute approximate surface area is 208 Å². The number of ether oxygens (including phenoxy) is 2. The third kappa shape index (κ3) is 5.84. The number of ketones is 2. The molecule has 0 bridgehead atoms. The van der Waals surface area contributed by atoms with Crippen LogP contribution in [0.25, 0.3) is 5.57 Å². The lowest BCUT2D eigenvalue weighted by atomic mass is 9.73. The minimum Gasteiger partial charge on any atom is -0.456 e. The maximum atomic E-state index is 13.2. The molecule has 3 rings (SSSR count). The highest BCUT2D eigenvalue weighted by molar-refractivity contribution is 9.09. The van der Waals surface area contributed by atoms with E-state index in [0.717, 1.165) is 11.1 Å². The summed E-state index contributed by atoms with van der Waals surface area (Å²) >= 11 is 3.17. The molecule has 0 aromatic heterocycles. The van der Waals surface area contributed by atoms with E-state index in [1.165, 1.54) is 4.90 Å². The molecule has 8 heteroatoms. The lowest BCUT2D eigenvalue weighted by Crippen LogP contribution is -2.46. The average Bonchev–Trinajstić information content (AvgIpc) is 3.32. The fourth-order valence-electron chi connectivity index (χ4n) is 4.08. The Hall–Kier alpha value is -2.74. The van der Waals surface area contributed by atoms with E-state index in [0.29, 0.717) is 19.4 Å². The van der Waals surface area contributed by atoms with Gasteiger partial charge in [-0.15, -0.1) is 0 Å². The van der Waals surface area contributed by atoms with Crippen LogP contribution in [0, 0.1) is 5.41 Å². The number of hydrogen-bond acceptors (Lipinski definition) is 6. The molecule has 1 aliphatic heterocycles. The van der Waals surface area contributed by atoms with E-state index in [1.807, 2.05) is 36.4 Å². The molecule has 7 nitrogen and oxygen atoms in total. The second kappa shape index (κ2) is 10.7. The SMILES string of the molecule is CC(C)(C)OC(=O)N1CCCC1C(=O)OCC(=O)[C@@]1(C(=O)CBr)C=CC(c2ccccc2)=CC1. The molecule has 182 valence electrons. The number of esters is 1. The minimum absolute atomic E-state index is 0.000579. The van der Waals surface area contributed by atoms with Gasteiger partial charge in [-0.05, 0) is 51.2 Å². The van der Waals surface area contributed by atoms with Gasteiger partial charge < -0.3 is 9.47 Å². The molecular formula is C26H30BrNO6. The summed E-state index contributed by atoms with van der Waals surface area (Å²) in [7, 11) is 0. The molecule has 1 aromatic rings. The van der Waals surface area contributed by atoms with Gasteiger partial charge >= 0.3 is 12.1 Å². The molecule has 1 aliphatic carbocycles. The van der Waals surface area contributed by atoms with Crippen molar-refractivity contribution in [2.75, 3.05) is 18.5 Å². The summed E-state index contributed by atoms with van der Waals surface area (Å²) in [5.74, 6) is -1.46. The molecule has 1 fully saturated rings. The quantitative estimate of drug-likeness (QED) is 0.292. The summed E-state index contributed by atoms with van der Waals surface area (Å²) in [5, 5.41) is 0.000579. The largest absolute Gasteiger partial charge is 0.456 e. The lowest BCUT2D eigenvalue weighted by molar-refractivity contribution is -0.155. The first kappa shape index (κ1) is 25.9. The first-order valence-corrected chi connectivity index (χ1v) is 12.4. The fraction of sp³-hybridized carbons (Fsp3) is 0.462. The average molecular weight is 532 g/mol. The van der Waals surface area contributed by atoms with Gasteiger partial charge in [-0.1, -0.05) is 64.5 Å². The van der Waals surface area contributed by atoms with E-state index in [1.54, 1.807) is 32.9 Å². The van der Waals surface area contributed by atoms with Crippen LogP contribution in [0.1, 0.15) is 45.6 Å². The molecule has 2 atom stereocenters. The van der Waals surface area contributed by atoms with Crippen LogP contribution in [0.2, 0.25) is 0 Å². The highest BCUT2D eigenvalue weighted by Gasteiger charge is 2.44. The predicted molar refractivity (Wildman–Crippen MR) is 131 cm³/mol. The maximum absolute atomic E-state index is 13.2. The number of carbonyl (C=O) groups is 4. The predicted octanol–water partition coefficient (Wildman–Crippen LogP) is 4.49. The molecule has 0 radical (unpaired) electrons. The second-order valence-corrected chi connectivity index (χ2v) is 10.0. The Balaban J connectivity index is 1.67. The third-order valence-corrected chi connectivity index (χ3v) is 6.42. The Bertz CT molecular complexity index is 1010. The topological polar surface area (TPSA) is 90.0 Å². The van der Waals surface area contributed by atoms with Crippen molar-refractivity contribution in [1.29, 1.82) is 0 Å². The van der Waals surface area contributed by atoms with Crippen molar-refractivity contribution in [3.05, 3.63) is 54.1 Å². The number of halogens is 1. The summed E-state index contributed by atoms with van der Waals surface area (Å²) in [4.78, 5) is 52.5. The summed E-state index contributed by atoms with van der Waals surface area (Å²) in [5.41, 5.74) is -0.183. The molecule has 0 spiro atoms. The van der Waals surface area contributed by atoms with Gasteiger partial charge in [0.25, 0.3) is 0 Å². The molecule has 1 amide bonds. The van der Waals surface area contributed by atoms with Crippen LogP contribution in [-0.4, -0.2) is 58.7 Å². The first-order valence-electron chi connectivity index (χ1n) is 11.3. The molecule has 0 N–H and O–H groups in total. The molecule has 1 heterocycles. The second-order valence-electron chi connectivity index (χ2n) is 9.45. The van der Waals surface area contributed by atoms with E-state index in [4.69, 9.17) is 9.47 Å². The van der Waals surface area contributed by atoms with Crippen LogP contribution in [0.5, 0.6) is 0 Å². The van der Waals surface area contributed by atoms with E-state index in [2.05, 4.69) is 15.9 Å². The molecule has 2 aliphatic rings. The van der Waals surface area contributed by atoms with Crippen LogP contribution in [0.3, 0.4) is 0 Å². The summed E-state index contributed by atoms with van der Waals surface area (Å²) in [6.07, 6.45) is 5.89. The Kier molecular flexibility index (Phi) is 8.13. The van der Waals surface area contributed by atoms with Gasteiger partial charge in [0, 0.05) is 6.54 Å². The van der Waals surface area contributed by atoms with Gasteiger partial charge in [-0.3, -0.25) is 14.5 Å². The van der Waals surface area contributed by atoms with Crippen molar-refractivity contribution in [3.63, 3.8) is 0 Å². The zero-order valence-electron chi connectivity index (χ0n) is 19.7. The van der Waals surface area contributed by atoms with Crippen molar-refractivity contribution in [1.82, 2.24) is 4.90 Å². The van der Waals surface area contributed by atoms with Crippen molar-refractivity contribution in [2.24, 2.45) is 5.41 Å². The molecule has 0 saturated carbocycles. The molecule has 1 saturated heterocycles. The highest BCUT2D eigenvalue weighted by atomic mass is 79.9.